The van der Waals surface area contributed by atoms with Crippen LogP contribution in [0.15, 0.2) is 30.3 Å². The van der Waals surface area contributed by atoms with Gasteiger partial charge in [-0.2, -0.15) is 16.8 Å². The lowest BCUT2D eigenvalue weighted by Crippen LogP contribution is -2.57. The maximum atomic E-state index is 12.2. The lowest BCUT2D eigenvalue weighted by Gasteiger charge is -2.38. The number of aliphatic hydroxyl groups is 1. The van der Waals surface area contributed by atoms with Gasteiger partial charge in [0.2, 0.25) is 0 Å². The van der Waals surface area contributed by atoms with Gasteiger partial charge in [0.25, 0.3) is 20.2 Å². The lowest BCUT2D eigenvalue weighted by molar-refractivity contribution is -0.237. The third kappa shape index (κ3) is 6.00. The third-order valence-corrected chi connectivity index (χ3v) is 4.39. The van der Waals surface area contributed by atoms with Crippen LogP contribution in [0.5, 0.6) is 0 Å². The molecule has 26 heavy (non-hydrogen) atoms. The summed E-state index contributed by atoms with van der Waals surface area (Å²) < 4.78 is 65.5. The topological polar surface area (TPSA) is 143 Å². The van der Waals surface area contributed by atoms with E-state index >= 15 is 0 Å². The van der Waals surface area contributed by atoms with Crippen molar-refractivity contribution in [3.8, 4) is 0 Å². The molecule has 1 aliphatic rings. The van der Waals surface area contributed by atoms with E-state index in [0.29, 0.717) is 6.26 Å². The summed E-state index contributed by atoms with van der Waals surface area (Å²) >= 11 is 0. The lowest BCUT2D eigenvalue weighted by atomic mass is 10.1. The molecular weight excluding hydrogens is 392 g/mol. The Morgan fingerprint density at radius 3 is 2.12 bits per heavy atom. The number of ether oxygens (including phenoxy) is 2. The number of aliphatic hydroxyl groups excluding tert-OH is 1. The second kappa shape index (κ2) is 7.98. The van der Waals surface area contributed by atoms with Crippen molar-refractivity contribution in [2.75, 3.05) is 19.1 Å². The number of hydrogen-bond acceptors (Lipinski definition) is 10. The SMILES string of the molecule is CS(=O)(=O)OC1C(O)OCC(OC(=O)c2ccccc2)C1OS(C)(=O)=O. The summed E-state index contributed by atoms with van der Waals surface area (Å²) in [5, 5.41) is 9.84. The Kier molecular flexibility index (Phi) is 6.37. The number of esters is 1. The molecule has 146 valence electrons. The molecule has 0 radical (unpaired) electrons. The van der Waals surface area contributed by atoms with Crippen molar-refractivity contribution in [1.82, 2.24) is 0 Å². The Morgan fingerprint density at radius 1 is 1.04 bits per heavy atom. The number of benzene rings is 1. The van der Waals surface area contributed by atoms with Gasteiger partial charge in [-0.05, 0) is 12.1 Å². The molecular formula is C14H18O10S2. The summed E-state index contributed by atoms with van der Waals surface area (Å²) in [6, 6.07) is 7.81. The average Bonchev–Trinajstić information content (AvgIpc) is 2.52. The molecule has 0 saturated carbocycles. The largest absolute Gasteiger partial charge is 0.453 e. The molecule has 12 heteroatoms. The van der Waals surface area contributed by atoms with Crippen LogP contribution in [0.2, 0.25) is 0 Å². The van der Waals surface area contributed by atoms with Crippen LogP contribution in [0.25, 0.3) is 0 Å². The van der Waals surface area contributed by atoms with Crippen molar-refractivity contribution in [2.24, 2.45) is 0 Å². The third-order valence-electron chi connectivity index (χ3n) is 3.24. The maximum absolute atomic E-state index is 12.2. The van der Waals surface area contributed by atoms with E-state index in [0.717, 1.165) is 6.26 Å². The van der Waals surface area contributed by atoms with Crippen molar-refractivity contribution >= 4 is 26.2 Å². The second-order valence-electron chi connectivity index (χ2n) is 5.56. The van der Waals surface area contributed by atoms with Crippen LogP contribution in [-0.4, -0.2) is 71.6 Å². The normalized spacial score (nSPS) is 27.0. The van der Waals surface area contributed by atoms with E-state index < -0.39 is 57.4 Å². The Balaban J connectivity index is 2.28. The van der Waals surface area contributed by atoms with E-state index in [2.05, 4.69) is 4.18 Å². The highest BCUT2D eigenvalue weighted by Crippen LogP contribution is 2.25. The molecule has 0 spiro atoms. The van der Waals surface area contributed by atoms with E-state index in [4.69, 9.17) is 13.7 Å². The minimum Gasteiger partial charge on any atom is -0.453 e. The van der Waals surface area contributed by atoms with E-state index in [1.165, 1.54) is 12.1 Å². The van der Waals surface area contributed by atoms with E-state index in [9.17, 15) is 26.7 Å². The number of carbonyl (C=O) groups excluding carboxylic acids is 1. The summed E-state index contributed by atoms with van der Waals surface area (Å²) in [4.78, 5) is 12.2. The van der Waals surface area contributed by atoms with E-state index in [1.54, 1.807) is 18.2 Å². The summed E-state index contributed by atoms with van der Waals surface area (Å²) in [5.41, 5.74) is 0.178. The molecule has 4 unspecified atom stereocenters. The van der Waals surface area contributed by atoms with E-state index in [1.807, 2.05) is 0 Å². The summed E-state index contributed by atoms with van der Waals surface area (Å²) in [6.45, 7) is -0.427. The van der Waals surface area contributed by atoms with Crippen molar-refractivity contribution in [1.29, 1.82) is 0 Å². The van der Waals surface area contributed by atoms with Gasteiger partial charge in [0.05, 0.1) is 24.7 Å². The van der Waals surface area contributed by atoms with Crippen molar-refractivity contribution in [3.05, 3.63) is 35.9 Å². The van der Waals surface area contributed by atoms with Gasteiger partial charge in [-0.25, -0.2) is 4.79 Å². The van der Waals surface area contributed by atoms with Gasteiger partial charge in [0.1, 0.15) is 6.10 Å². The zero-order chi connectivity index (χ0) is 19.5. The standard InChI is InChI=1S/C14H18O10S2/c1-25(17,18)23-11-10(22-13(15)9-6-4-3-5-7-9)8-21-14(16)12(11)24-26(2,19)20/h3-7,10-12,14,16H,8H2,1-2H3. The summed E-state index contributed by atoms with van der Waals surface area (Å²) in [6.07, 6.45) is -5.09. The molecule has 2 rings (SSSR count). The molecule has 4 atom stereocenters. The van der Waals surface area contributed by atoms with Crippen LogP contribution < -0.4 is 0 Å². The highest BCUT2D eigenvalue weighted by atomic mass is 32.2. The molecule has 0 aromatic heterocycles. The predicted molar refractivity (Wildman–Crippen MR) is 87.0 cm³/mol. The highest BCUT2D eigenvalue weighted by molar-refractivity contribution is 7.86. The number of hydrogen-bond donors (Lipinski definition) is 1. The molecule has 0 amide bonds. The minimum atomic E-state index is -4.10. The van der Waals surface area contributed by atoms with Crippen LogP contribution in [-0.2, 0) is 38.1 Å². The zero-order valence-corrected chi connectivity index (χ0v) is 15.5. The Hall–Kier alpha value is -1.57. The molecule has 1 N–H and O–H groups in total. The van der Waals surface area contributed by atoms with Crippen LogP contribution in [0.1, 0.15) is 10.4 Å². The molecule has 10 nitrogen and oxygen atoms in total. The van der Waals surface area contributed by atoms with E-state index in [-0.39, 0.29) is 5.56 Å². The predicted octanol–water partition coefficient (Wildman–Crippen LogP) is -0.750. The zero-order valence-electron chi connectivity index (χ0n) is 13.8. The first-order valence-corrected chi connectivity index (χ1v) is 10.9. The molecule has 0 bridgehead atoms. The Morgan fingerprint density at radius 2 is 1.58 bits per heavy atom. The minimum absolute atomic E-state index is 0.178. The maximum Gasteiger partial charge on any atom is 0.338 e. The van der Waals surface area contributed by atoms with Gasteiger partial charge >= 0.3 is 5.97 Å². The molecule has 1 aromatic carbocycles. The van der Waals surface area contributed by atoms with Gasteiger partial charge in [0.15, 0.2) is 18.5 Å². The highest BCUT2D eigenvalue weighted by Gasteiger charge is 2.47. The smallest absolute Gasteiger partial charge is 0.338 e. The molecule has 0 aliphatic carbocycles. The van der Waals surface area contributed by atoms with Crippen molar-refractivity contribution in [3.63, 3.8) is 0 Å². The Bertz CT molecular complexity index is 834. The Labute approximate surface area is 150 Å². The fraction of sp³-hybridized carbons (Fsp3) is 0.500. The van der Waals surface area contributed by atoms with Crippen LogP contribution in [0.3, 0.4) is 0 Å². The molecule has 1 aromatic rings. The monoisotopic (exact) mass is 410 g/mol. The first-order chi connectivity index (χ1) is 12.0. The summed E-state index contributed by atoms with van der Waals surface area (Å²) in [7, 11) is -8.21. The first-order valence-electron chi connectivity index (χ1n) is 7.28. The van der Waals surface area contributed by atoms with Crippen LogP contribution in [0.4, 0.5) is 0 Å². The fourth-order valence-electron chi connectivity index (χ4n) is 2.26. The van der Waals surface area contributed by atoms with Crippen molar-refractivity contribution < 1.29 is 44.6 Å². The molecule has 1 heterocycles. The molecule has 1 fully saturated rings. The van der Waals surface area contributed by atoms with Gasteiger partial charge in [-0.3, -0.25) is 8.37 Å². The quantitative estimate of drug-likeness (QED) is 0.470. The second-order valence-corrected chi connectivity index (χ2v) is 8.77. The fourth-order valence-corrected chi connectivity index (χ4v) is 3.51. The molecule has 1 aliphatic heterocycles. The van der Waals surface area contributed by atoms with Gasteiger partial charge in [-0.15, -0.1) is 0 Å². The number of rotatable bonds is 6. The van der Waals surface area contributed by atoms with Gasteiger partial charge in [0, 0.05) is 0 Å². The molecule has 1 saturated heterocycles. The summed E-state index contributed by atoms with van der Waals surface area (Å²) in [5.74, 6) is -0.809. The van der Waals surface area contributed by atoms with Crippen molar-refractivity contribution in [2.45, 2.75) is 24.6 Å². The van der Waals surface area contributed by atoms with Crippen LogP contribution in [0, 0.1) is 0 Å². The van der Waals surface area contributed by atoms with Gasteiger partial charge < -0.3 is 14.6 Å². The van der Waals surface area contributed by atoms with Gasteiger partial charge in [-0.1, -0.05) is 18.2 Å². The average molecular weight is 410 g/mol. The first kappa shape index (κ1) is 20.7. The number of carbonyl (C=O) groups is 1. The van der Waals surface area contributed by atoms with Crippen LogP contribution >= 0.6 is 0 Å².